The molecule has 1 atom stereocenters. The van der Waals surface area contributed by atoms with Gasteiger partial charge < -0.3 is 4.74 Å². The summed E-state index contributed by atoms with van der Waals surface area (Å²) in [5.41, 5.74) is -0.477. The quantitative estimate of drug-likeness (QED) is 0.853. The highest BCUT2D eigenvalue weighted by Gasteiger charge is 2.21. The van der Waals surface area contributed by atoms with Crippen molar-refractivity contribution in [3.05, 3.63) is 29.6 Å². The second-order valence-corrected chi connectivity index (χ2v) is 5.87. The van der Waals surface area contributed by atoms with Crippen molar-refractivity contribution in [2.45, 2.75) is 11.8 Å². The number of rotatable bonds is 6. The lowest BCUT2D eigenvalue weighted by Gasteiger charge is -2.12. The van der Waals surface area contributed by atoms with E-state index in [1.165, 1.54) is 19.2 Å². The molecule has 0 radical (unpaired) electrons. The van der Waals surface area contributed by atoms with Crippen molar-refractivity contribution in [3.63, 3.8) is 0 Å². The molecule has 0 aliphatic carbocycles. The van der Waals surface area contributed by atoms with E-state index < -0.39 is 21.4 Å². The summed E-state index contributed by atoms with van der Waals surface area (Å²) in [6.45, 7) is 2.36. The monoisotopic (exact) mass is 286 g/mol. The number of benzene rings is 1. The number of nitrogens with zero attached hydrogens (tertiary/aromatic N) is 1. The molecule has 1 unspecified atom stereocenters. The molecule has 0 aliphatic heterocycles. The minimum atomic E-state index is -3.91. The molecule has 1 aromatic carbocycles. The number of methoxy groups -OCH3 is 1. The van der Waals surface area contributed by atoms with Crippen LogP contribution in [0.2, 0.25) is 0 Å². The first kappa shape index (κ1) is 15.6. The Labute approximate surface area is 112 Å². The lowest BCUT2D eigenvalue weighted by molar-refractivity contribution is 0.161. The number of nitrogens with one attached hydrogen (secondary N) is 1. The van der Waals surface area contributed by atoms with Gasteiger partial charge >= 0.3 is 0 Å². The van der Waals surface area contributed by atoms with Crippen molar-refractivity contribution in [1.29, 1.82) is 5.26 Å². The first-order valence-electron chi connectivity index (χ1n) is 5.59. The molecule has 7 heteroatoms. The van der Waals surface area contributed by atoms with Crippen molar-refractivity contribution in [3.8, 4) is 6.07 Å². The number of hydrogen-bond donors (Lipinski definition) is 1. The van der Waals surface area contributed by atoms with Crippen molar-refractivity contribution < 1.29 is 17.5 Å². The zero-order valence-electron chi connectivity index (χ0n) is 10.7. The van der Waals surface area contributed by atoms with E-state index in [9.17, 15) is 12.8 Å². The molecule has 0 fully saturated rings. The minimum Gasteiger partial charge on any atom is -0.384 e. The third-order valence-electron chi connectivity index (χ3n) is 2.45. The molecule has 0 saturated carbocycles. The molecule has 0 saturated heterocycles. The Kier molecular flexibility index (Phi) is 5.42. The molecule has 0 bridgehead atoms. The van der Waals surface area contributed by atoms with E-state index in [1.807, 2.05) is 6.92 Å². The molecule has 1 N–H and O–H groups in total. The van der Waals surface area contributed by atoms with E-state index in [-0.39, 0.29) is 17.4 Å². The maximum atomic E-state index is 13.4. The Morgan fingerprint density at radius 3 is 2.79 bits per heavy atom. The number of sulfonamides is 1. The van der Waals surface area contributed by atoms with Crippen LogP contribution in [0.4, 0.5) is 4.39 Å². The fraction of sp³-hybridized carbons (Fsp3) is 0.417. The smallest absolute Gasteiger partial charge is 0.242 e. The normalized spacial score (nSPS) is 12.9. The number of halogens is 1. The minimum absolute atomic E-state index is 0.0288. The molecule has 0 aliphatic rings. The fourth-order valence-corrected chi connectivity index (χ4v) is 2.84. The van der Waals surface area contributed by atoms with E-state index in [2.05, 4.69) is 4.72 Å². The highest BCUT2D eigenvalue weighted by atomic mass is 32.2. The highest BCUT2D eigenvalue weighted by Crippen LogP contribution is 2.17. The van der Waals surface area contributed by atoms with Crippen LogP contribution in [0.5, 0.6) is 0 Å². The number of nitriles is 1. The van der Waals surface area contributed by atoms with Crippen molar-refractivity contribution in [1.82, 2.24) is 4.72 Å². The Morgan fingerprint density at radius 1 is 1.53 bits per heavy atom. The van der Waals surface area contributed by atoms with E-state index in [0.717, 1.165) is 6.07 Å². The first-order chi connectivity index (χ1) is 8.92. The zero-order chi connectivity index (χ0) is 14.5. The summed E-state index contributed by atoms with van der Waals surface area (Å²) in [7, 11) is -2.39. The molecule has 0 aromatic heterocycles. The Balaban J connectivity index is 2.96. The maximum absolute atomic E-state index is 13.4. The van der Waals surface area contributed by atoms with Gasteiger partial charge in [-0.05, 0) is 18.1 Å². The predicted octanol–water partition coefficient (Wildman–Crippen LogP) is 1.26. The van der Waals surface area contributed by atoms with Gasteiger partial charge in [0.15, 0.2) is 0 Å². The molecule has 104 valence electrons. The average Bonchev–Trinajstić information content (AvgIpc) is 2.36. The Hall–Kier alpha value is -1.49. The summed E-state index contributed by atoms with van der Waals surface area (Å²) in [5, 5.41) is 8.82. The Bertz CT molecular complexity index is 581. The molecule has 5 nitrogen and oxygen atoms in total. The van der Waals surface area contributed by atoms with Crippen LogP contribution in [-0.4, -0.2) is 28.7 Å². The lowest BCUT2D eigenvalue weighted by atomic mass is 10.2. The van der Waals surface area contributed by atoms with Gasteiger partial charge in [0.25, 0.3) is 0 Å². The molecule has 0 heterocycles. The third kappa shape index (κ3) is 3.99. The summed E-state index contributed by atoms with van der Waals surface area (Å²) in [4.78, 5) is -0.348. The van der Waals surface area contributed by atoms with Crippen LogP contribution >= 0.6 is 0 Å². The van der Waals surface area contributed by atoms with Gasteiger partial charge in [-0.3, -0.25) is 0 Å². The third-order valence-corrected chi connectivity index (χ3v) is 3.92. The van der Waals surface area contributed by atoms with Gasteiger partial charge in [-0.2, -0.15) is 5.26 Å². The zero-order valence-corrected chi connectivity index (χ0v) is 11.5. The molecule has 1 rings (SSSR count). The van der Waals surface area contributed by atoms with Crippen LogP contribution in [0.1, 0.15) is 12.5 Å². The Morgan fingerprint density at radius 2 is 2.21 bits per heavy atom. The number of hydrogen-bond acceptors (Lipinski definition) is 4. The molecule has 19 heavy (non-hydrogen) atoms. The summed E-state index contributed by atoms with van der Waals surface area (Å²) >= 11 is 0. The van der Waals surface area contributed by atoms with Gasteiger partial charge in [0.1, 0.15) is 22.3 Å². The molecular formula is C12H15FN2O3S. The standard InChI is InChI=1S/C12H15FN2O3S/c1-9(8-18-2)7-15-19(16,17)12-5-3-4-11(13)10(12)6-14/h3-5,9,15H,7-8H2,1-2H3. The van der Waals surface area contributed by atoms with Crippen LogP contribution in [0.15, 0.2) is 23.1 Å². The van der Waals surface area contributed by atoms with Crippen LogP contribution in [0, 0.1) is 23.1 Å². The summed E-state index contributed by atoms with van der Waals surface area (Å²) < 4.78 is 44.6. The molecular weight excluding hydrogens is 271 g/mol. The van der Waals surface area contributed by atoms with E-state index in [0.29, 0.717) is 6.61 Å². The first-order valence-corrected chi connectivity index (χ1v) is 7.08. The SMILES string of the molecule is COCC(C)CNS(=O)(=O)c1cccc(F)c1C#N. The van der Waals surface area contributed by atoms with E-state index in [1.54, 1.807) is 6.07 Å². The van der Waals surface area contributed by atoms with Gasteiger partial charge in [-0.15, -0.1) is 0 Å². The average molecular weight is 286 g/mol. The van der Waals surface area contributed by atoms with Gasteiger partial charge in [-0.1, -0.05) is 13.0 Å². The highest BCUT2D eigenvalue weighted by molar-refractivity contribution is 7.89. The molecule has 0 spiro atoms. The van der Waals surface area contributed by atoms with Crippen LogP contribution in [0.25, 0.3) is 0 Å². The van der Waals surface area contributed by atoms with Gasteiger partial charge in [0, 0.05) is 20.3 Å². The second kappa shape index (κ2) is 6.61. The van der Waals surface area contributed by atoms with Crippen molar-refractivity contribution in [2.75, 3.05) is 20.3 Å². The van der Waals surface area contributed by atoms with E-state index in [4.69, 9.17) is 10.00 Å². The van der Waals surface area contributed by atoms with Crippen molar-refractivity contribution in [2.24, 2.45) is 5.92 Å². The van der Waals surface area contributed by atoms with Gasteiger partial charge in [0.05, 0.1) is 0 Å². The largest absolute Gasteiger partial charge is 0.384 e. The second-order valence-electron chi connectivity index (χ2n) is 4.14. The topological polar surface area (TPSA) is 79.2 Å². The lowest BCUT2D eigenvalue weighted by Crippen LogP contribution is -2.30. The van der Waals surface area contributed by atoms with Crippen LogP contribution in [0.3, 0.4) is 0 Å². The maximum Gasteiger partial charge on any atom is 0.242 e. The van der Waals surface area contributed by atoms with Crippen LogP contribution in [-0.2, 0) is 14.8 Å². The van der Waals surface area contributed by atoms with Crippen LogP contribution < -0.4 is 4.72 Å². The molecule has 1 aromatic rings. The summed E-state index contributed by atoms with van der Waals surface area (Å²) in [6, 6.07) is 5.06. The van der Waals surface area contributed by atoms with Crippen molar-refractivity contribution >= 4 is 10.0 Å². The molecule has 0 amide bonds. The fourth-order valence-electron chi connectivity index (χ4n) is 1.51. The summed E-state index contributed by atoms with van der Waals surface area (Å²) in [5.74, 6) is -0.880. The summed E-state index contributed by atoms with van der Waals surface area (Å²) in [6.07, 6.45) is 0. The predicted molar refractivity (Wildman–Crippen MR) is 67.3 cm³/mol. The van der Waals surface area contributed by atoms with Gasteiger partial charge in [0.2, 0.25) is 10.0 Å². The van der Waals surface area contributed by atoms with E-state index >= 15 is 0 Å². The number of ether oxygens (including phenoxy) is 1. The van der Waals surface area contributed by atoms with Gasteiger partial charge in [-0.25, -0.2) is 17.5 Å².